The minimum Gasteiger partial charge on any atom is -0.369 e. The highest BCUT2D eigenvalue weighted by molar-refractivity contribution is 7.89. The molecule has 0 spiro atoms. The Hall–Kier alpha value is -1.40. The maximum absolute atomic E-state index is 12.6. The van der Waals surface area contributed by atoms with E-state index in [9.17, 15) is 13.2 Å². The van der Waals surface area contributed by atoms with Gasteiger partial charge in [0.25, 0.3) is 0 Å². The molecule has 1 aliphatic rings. The van der Waals surface area contributed by atoms with Gasteiger partial charge in [-0.1, -0.05) is 31.0 Å². The Morgan fingerprint density at radius 2 is 1.79 bits per heavy atom. The van der Waals surface area contributed by atoms with Crippen molar-refractivity contribution in [3.8, 4) is 0 Å². The molecular formula is C13H18N2O3S. The van der Waals surface area contributed by atoms with Crippen LogP contribution in [-0.2, 0) is 14.8 Å². The summed E-state index contributed by atoms with van der Waals surface area (Å²) >= 11 is 0. The van der Waals surface area contributed by atoms with Crippen LogP contribution < -0.4 is 5.73 Å². The molecule has 19 heavy (non-hydrogen) atoms. The van der Waals surface area contributed by atoms with Crippen molar-refractivity contribution < 1.29 is 13.2 Å². The highest BCUT2D eigenvalue weighted by atomic mass is 32.2. The molecule has 0 aromatic heterocycles. The van der Waals surface area contributed by atoms with Crippen molar-refractivity contribution in [2.45, 2.75) is 36.6 Å². The van der Waals surface area contributed by atoms with E-state index >= 15 is 0 Å². The number of nitrogens with two attached hydrogens (primary N) is 1. The molecule has 2 N–H and O–H groups in total. The second kappa shape index (κ2) is 5.71. The molecule has 104 valence electrons. The second-order valence-electron chi connectivity index (χ2n) is 4.77. The molecule has 0 unspecified atom stereocenters. The van der Waals surface area contributed by atoms with E-state index in [-0.39, 0.29) is 17.5 Å². The summed E-state index contributed by atoms with van der Waals surface area (Å²) in [5.41, 5.74) is 5.19. The van der Waals surface area contributed by atoms with E-state index in [0.717, 1.165) is 25.7 Å². The van der Waals surface area contributed by atoms with E-state index in [4.69, 9.17) is 5.73 Å². The van der Waals surface area contributed by atoms with Crippen LogP contribution in [-0.4, -0.2) is 31.2 Å². The number of benzene rings is 1. The van der Waals surface area contributed by atoms with E-state index in [1.807, 2.05) is 0 Å². The minimum absolute atomic E-state index is 0.113. The molecule has 1 saturated carbocycles. The van der Waals surface area contributed by atoms with Crippen LogP contribution in [0.25, 0.3) is 0 Å². The number of carbonyl (C=O) groups excluding carboxylic acids is 1. The van der Waals surface area contributed by atoms with Crippen molar-refractivity contribution in [1.29, 1.82) is 0 Å². The summed E-state index contributed by atoms with van der Waals surface area (Å²) in [5.74, 6) is -0.619. The fourth-order valence-corrected chi connectivity index (χ4v) is 4.16. The lowest BCUT2D eigenvalue weighted by Gasteiger charge is -2.26. The van der Waals surface area contributed by atoms with Gasteiger partial charge in [-0.15, -0.1) is 0 Å². The summed E-state index contributed by atoms with van der Waals surface area (Å²) in [4.78, 5) is 11.4. The molecule has 2 rings (SSSR count). The summed E-state index contributed by atoms with van der Waals surface area (Å²) in [7, 11) is -3.65. The maximum atomic E-state index is 12.6. The number of hydrogen-bond donors (Lipinski definition) is 1. The molecule has 1 aromatic carbocycles. The van der Waals surface area contributed by atoms with Crippen molar-refractivity contribution in [2.24, 2.45) is 5.73 Å². The SMILES string of the molecule is NC(=O)CN(C1CCCC1)S(=O)(=O)c1ccccc1. The van der Waals surface area contributed by atoms with Gasteiger partial charge in [0.2, 0.25) is 15.9 Å². The van der Waals surface area contributed by atoms with Crippen LogP contribution in [0.4, 0.5) is 0 Å². The predicted molar refractivity (Wildman–Crippen MR) is 71.8 cm³/mol. The van der Waals surface area contributed by atoms with Crippen LogP contribution in [0.2, 0.25) is 0 Å². The number of hydrogen-bond acceptors (Lipinski definition) is 3. The molecule has 0 saturated heterocycles. The first kappa shape index (κ1) is 14.0. The quantitative estimate of drug-likeness (QED) is 0.878. The molecule has 1 fully saturated rings. The zero-order chi connectivity index (χ0) is 13.9. The third-order valence-electron chi connectivity index (χ3n) is 3.39. The van der Waals surface area contributed by atoms with Crippen molar-refractivity contribution in [3.63, 3.8) is 0 Å². The van der Waals surface area contributed by atoms with E-state index in [1.54, 1.807) is 18.2 Å². The van der Waals surface area contributed by atoms with Crippen molar-refractivity contribution >= 4 is 15.9 Å². The van der Waals surface area contributed by atoms with Gasteiger partial charge >= 0.3 is 0 Å². The molecule has 0 radical (unpaired) electrons. The highest BCUT2D eigenvalue weighted by Gasteiger charge is 2.34. The molecule has 0 bridgehead atoms. The van der Waals surface area contributed by atoms with Gasteiger partial charge in [0, 0.05) is 6.04 Å². The molecular weight excluding hydrogens is 264 g/mol. The molecule has 0 heterocycles. The minimum atomic E-state index is -3.65. The summed E-state index contributed by atoms with van der Waals surface area (Å²) in [6.45, 7) is -0.248. The lowest BCUT2D eigenvalue weighted by atomic mass is 10.2. The lowest BCUT2D eigenvalue weighted by Crippen LogP contribution is -2.44. The Bertz CT molecular complexity index is 536. The van der Waals surface area contributed by atoms with Gasteiger partial charge in [-0.25, -0.2) is 8.42 Å². The third kappa shape index (κ3) is 3.13. The molecule has 6 heteroatoms. The molecule has 0 aliphatic heterocycles. The number of amides is 1. The van der Waals surface area contributed by atoms with E-state index in [2.05, 4.69) is 0 Å². The van der Waals surface area contributed by atoms with Crippen LogP contribution in [0.15, 0.2) is 35.2 Å². The first-order chi connectivity index (χ1) is 9.01. The Labute approximate surface area is 113 Å². The van der Waals surface area contributed by atoms with Crippen LogP contribution in [0.1, 0.15) is 25.7 Å². The average molecular weight is 282 g/mol. The van der Waals surface area contributed by atoms with Crippen molar-refractivity contribution in [3.05, 3.63) is 30.3 Å². The molecule has 5 nitrogen and oxygen atoms in total. The average Bonchev–Trinajstić information content (AvgIpc) is 2.90. The van der Waals surface area contributed by atoms with Crippen LogP contribution >= 0.6 is 0 Å². The smallest absolute Gasteiger partial charge is 0.243 e. The summed E-state index contributed by atoms with van der Waals surface area (Å²) in [6, 6.07) is 8.06. The Morgan fingerprint density at radius 1 is 1.21 bits per heavy atom. The first-order valence-corrected chi connectivity index (χ1v) is 7.81. The normalized spacial score (nSPS) is 16.9. The Morgan fingerprint density at radius 3 is 2.32 bits per heavy atom. The zero-order valence-electron chi connectivity index (χ0n) is 10.7. The number of nitrogens with zero attached hydrogens (tertiary/aromatic N) is 1. The molecule has 0 atom stereocenters. The number of rotatable bonds is 5. The predicted octanol–water partition coefficient (Wildman–Crippen LogP) is 1.11. The van der Waals surface area contributed by atoms with Crippen molar-refractivity contribution in [2.75, 3.05) is 6.54 Å². The standard InChI is InChI=1S/C13H18N2O3S/c14-13(16)10-15(11-6-4-5-7-11)19(17,18)12-8-2-1-3-9-12/h1-3,8-9,11H,4-7,10H2,(H2,14,16). The van der Waals surface area contributed by atoms with E-state index < -0.39 is 15.9 Å². The largest absolute Gasteiger partial charge is 0.369 e. The zero-order valence-corrected chi connectivity index (χ0v) is 11.5. The van der Waals surface area contributed by atoms with Crippen LogP contribution in [0, 0.1) is 0 Å². The van der Waals surface area contributed by atoms with Gasteiger partial charge in [0.15, 0.2) is 0 Å². The van der Waals surface area contributed by atoms with Gasteiger partial charge in [-0.2, -0.15) is 4.31 Å². The van der Waals surface area contributed by atoms with Gasteiger partial charge in [-0.3, -0.25) is 4.79 Å². The fourth-order valence-electron chi connectivity index (χ4n) is 2.48. The second-order valence-corrected chi connectivity index (χ2v) is 6.66. The fraction of sp³-hybridized carbons (Fsp3) is 0.462. The van der Waals surface area contributed by atoms with E-state index in [0.29, 0.717) is 0 Å². The lowest BCUT2D eigenvalue weighted by molar-refractivity contribution is -0.118. The van der Waals surface area contributed by atoms with Gasteiger partial charge in [0.05, 0.1) is 11.4 Å². The summed E-state index contributed by atoms with van der Waals surface area (Å²) in [6.07, 6.45) is 3.56. The summed E-state index contributed by atoms with van der Waals surface area (Å²) in [5, 5.41) is 0. The number of sulfonamides is 1. The molecule has 1 amide bonds. The Balaban J connectivity index is 2.34. The molecule has 1 aliphatic carbocycles. The van der Waals surface area contributed by atoms with Gasteiger partial charge in [-0.05, 0) is 25.0 Å². The van der Waals surface area contributed by atoms with E-state index in [1.165, 1.54) is 16.4 Å². The highest BCUT2D eigenvalue weighted by Crippen LogP contribution is 2.28. The van der Waals surface area contributed by atoms with Crippen molar-refractivity contribution in [1.82, 2.24) is 4.31 Å². The topological polar surface area (TPSA) is 80.5 Å². The Kier molecular flexibility index (Phi) is 4.21. The van der Waals surface area contributed by atoms with Gasteiger partial charge < -0.3 is 5.73 Å². The number of primary amides is 1. The number of carbonyl (C=O) groups is 1. The summed E-state index contributed by atoms with van der Waals surface area (Å²) < 4.78 is 26.4. The van der Waals surface area contributed by atoms with Crippen LogP contribution in [0.5, 0.6) is 0 Å². The monoisotopic (exact) mass is 282 g/mol. The first-order valence-electron chi connectivity index (χ1n) is 6.37. The maximum Gasteiger partial charge on any atom is 0.243 e. The molecule has 1 aromatic rings. The van der Waals surface area contributed by atoms with Gasteiger partial charge in [0.1, 0.15) is 0 Å². The third-order valence-corrected chi connectivity index (χ3v) is 5.31. The van der Waals surface area contributed by atoms with Crippen LogP contribution in [0.3, 0.4) is 0 Å².